The second-order valence-electron chi connectivity index (χ2n) is 4.37. The van der Waals surface area contributed by atoms with Gasteiger partial charge in [-0.05, 0) is 30.7 Å². The Balaban J connectivity index is 1.79. The Hall–Kier alpha value is -1.30. The molecule has 0 aliphatic carbocycles. The molecular formula is C13H20N2O3. The molecule has 18 heavy (non-hydrogen) atoms. The predicted molar refractivity (Wildman–Crippen MR) is 69.1 cm³/mol. The zero-order chi connectivity index (χ0) is 12.8. The Labute approximate surface area is 107 Å². The minimum absolute atomic E-state index is 0.0109. The van der Waals surface area contributed by atoms with Crippen molar-refractivity contribution >= 4 is 0 Å². The van der Waals surface area contributed by atoms with Gasteiger partial charge >= 0.3 is 0 Å². The highest BCUT2D eigenvalue weighted by molar-refractivity contribution is 5.43. The fourth-order valence-electron chi connectivity index (χ4n) is 1.83. The molecule has 0 fully saturated rings. The van der Waals surface area contributed by atoms with Gasteiger partial charge < -0.3 is 25.6 Å². The number of benzene rings is 1. The van der Waals surface area contributed by atoms with Crippen molar-refractivity contribution < 1.29 is 14.6 Å². The van der Waals surface area contributed by atoms with Crippen molar-refractivity contribution in [1.29, 1.82) is 0 Å². The molecular weight excluding hydrogens is 232 g/mol. The summed E-state index contributed by atoms with van der Waals surface area (Å²) in [6.45, 7) is 2.69. The molecule has 1 aliphatic rings. The van der Waals surface area contributed by atoms with Crippen LogP contribution in [0.5, 0.6) is 11.5 Å². The third kappa shape index (κ3) is 3.60. The fraction of sp³-hybridized carbons (Fsp3) is 0.538. The molecule has 1 aromatic rings. The molecule has 1 aliphatic heterocycles. The lowest BCUT2D eigenvalue weighted by molar-refractivity contribution is 0.171. The summed E-state index contributed by atoms with van der Waals surface area (Å²) in [5.41, 5.74) is 6.79. The number of aliphatic hydroxyl groups excluding tert-OH is 1. The van der Waals surface area contributed by atoms with Crippen LogP contribution in [0.15, 0.2) is 18.2 Å². The maximum Gasteiger partial charge on any atom is 0.161 e. The third-order valence-corrected chi connectivity index (χ3v) is 2.84. The smallest absolute Gasteiger partial charge is 0.161 e. The van der Waals surface area contributed by atoms with E-state index in [0.717, 1.165) is 24.5 Å². The lowest BCUT2D eigenvalue weighted by Crippen LogP contribution is -2.37. The lowest BCUT2D eigenvalue weighted by atomic mass is 10.1. The first-order chi connectivity index (χ1) is 8.79. The van der Waals surface area contributed by atoms with E-state index in [1.807, 2.05) is 18.2 Å². The summed E-state index contributed by atoms with van der Waals surface area (Å²) < 4.78 is 11.0. The molecule has 0 bridgehead atoms. The topological polar surface area (TPSA) is 76.7 Å². The van der Waals surface area contributed by atoms with Crippen molar-refractivity contribution in [2.75, 3.05) is 32.9 Å². The van der Waals surface area contributed by atoms with Crippen LogP contribution in [0.4, 0.5) is 0 Å². The molecule has 100 valence electrons. The largest absolute Gasteiger partial charge is 0.486 e. The highest BCUT2D eigenvalue weighted by atomic mass is 16.6. The fourth-order valence-corrected chi connectivity index (χ4v) is 1.83. The zero-order valence-electron chi connectivity index (χ0n) is 10.4. The van der Waals surface area contributed by atoms with E-state index >= 15 is 0 Å². The van der Waals surface area contributed by atoms with Crippen LogP contribution in [0.3, 0.4) is 0 Å². The number of nitrogens with one attached hydrogen (secondary N) is 1. The number of hydrogen-bond donors (Lipinski definition) is 3. The summed E-state index contributed by atoms with van der Waals surface area (Å²) in [4.78, 5) is 0. The third-order valence-electron chi connectivity index (χ3n) is 2.84. The summed E-state index contributed by atoms with van der Waals surface area (Å²) >= 11 is 0. The minimum Gasteiger partial charge on any atom is -0.486 e. The van der Waals surface area contributed by atoms with E-state index in [2.05, 4.69) is 5.32 Å². The van der Waals surface area contributed by atoms with Crippen molar-refractivity contribution in [3.63, 3.8) is 0 Å². The molecule has 1 heterocycles. The molecule has 2 rings (SSSR count). The SMILES string of the molecule is NC(CO)CNCCc1ccc2c(c1)OCCO2. The van der Waals surface area contributed by atoms with E-state index < -0.39 is 0 Å². The van der Waals surface area contributed by atoms with Gasteiger partial charge in [0.15, 0.2) is 11.5 Å². The van der Waals surface area contributed by atoms with Crippen LogP contribution < -0.4 is 20.5 Å². The lowest BCUT2D eigenvalue weighted by Gasteiger charge is -2.19. The van der Waals surface area contributed by atoms with Crippen LogP contribution >= 0.6 is 0 Å². The van der Waals surface area contributed by atoms with E-state index in [1.54, 1.807) is 0 Å². The predicted octanol–water partition coefficient (Wildman–Crippen LogP) is -0.0905. The van der Waals surface area contributed by atoms with Crippen molar-refractivity contribution in [1.82, 2.24) is 5.32 Å². The number of fused-ring (bicyclic) bond motifs is 1. The molecule has 0 spiro atoms. The molecule has 1 atom stereocenters. The molecule has 0 aromatic heterocycles. The molecule has 0 saturated heterocycles. The number of ether oxygens (including phenoxy) is 2. The van der Waals surface area contributed by atoms with Crippen LogP contribution in [-0.2, 0) is 6.42 Å². The number of hydrogen-bond acceptors (Lipinski definition) is 5. The Morgan fingerprint density at radius 3 is 2.83 bits per heavy atom. The van der Waals surface area contributed by atoms with Gasteiger partial charge in [-0.2, -0.15) is 0 Å². The summed E-state index contributed by atoms with van der Waals surface area (Å²) in [5.74, 6) is 1.64. The van der Waals surface area contributed by atoms with Gasteiger partial charge in [0.1, 0.15) is 13.2 Å². The Kier molecular flexibility index (Phi) is 4.81. The van der Waals surface area contributed by atoms with Crippen molar-refractivity contribution in [2.45, 2.75) is 12.5 Å². The normalized spacial score (nSPS) is 15.4. The summed E-state index contributed by atoms with van der Waals surface area (Å²) in [5, 5.41) is 12.0. The molecule has 1 unspecified atom stereocenters. The molecule has 0 saturated carbocycles. The number of rotatable bonds is 6. The molecule has 0 radical (unpaired) electrons. The summed E-state index contributed by atoms with van der Waals surface area (Å²) in [7, 11) is 0. The summed E-state index contributed by atoms with van der Waals surface area (Å²) in [6.07, 6.45) is 0.898. The van der Waals surface area contributed by atoms with Gasteiger partial charge in [-0.3, -0.25) is 0 Å². The van der Waals surface area contributed by atoms with Gasteiger partial charge in [-0.1, -0.05) is 6.07 Å². The average Bonchev–Trinajstić information content (AvgIpc) is 2.43. The van der Waals surface area contributed by atoms with E-state index in [9.17, 15) is 0 Å². The van der Waals surface area contributed by atoms with Gasteiger partial charge in [0.25, 0.3) is 0 Å². The van der Waals surface area contributed by atoms with Crippen LogP contribution in [-0.4, -0.2) is 44.1 Å². The van der Waals surface area contributed by atoms with Crippen LogP contribution in [0, 0.1) is 0 Å². The van der Waals surface area contributed by atoms with Gasteiger partial charge in [-0.15, -0.1) is 0 Å². The highest BCUT2D eigenvalue weighted by Crippen LogP contribution is 2.30. The van der Waals surface area contributed by atoms with Crippen molar-refractivity contribution in [3.8, 4) is 11.5 Å². The van der Waals surface area contributed by atoms with E-state index in [4.69, 9.17) is 20.3 Å². The standard InChI is InChI=1S/C13H20N2O3/c14-11(9-16)8-15-4-3-10-1-2-12-13(7-10)18-6-5-17-12/h1-2,7,11,15-16H,3-6,8-9,14H2. The molecule has 5 nitrogen and oxygen atoms in total. The van der Waals surface area contributed by atoms with Crippen LogP contribution in [0.25, 0.3) is 0 Å². The average molecular weight is 252 g/mol. The Morgan fingerprint density at radius 1 is 1.28 bits per heavy atom. The van der Waals surface area contributed by atoms with Gasteiger partial charge in [0.2, 0.25) is 0 Å². The number of aliphatic hydroxyl groups is 1. The van der Waals surface area contributed by atoms with Crippen molar-refractivity contribution in [3.05, 3.63) is 23.8 Å². The maximum atomic E-state index is 8.79. The first-order valence-corrected chi connectivity index (χ1v) is 6.25. The molecule has 1 aromatic carbocycles. The van der Waals surface area contributed by atoms with E-state index in [1.165, 1.54) is 5.56 Å². The quantitative estimate of drug-likeness (QED) is 0.617. The number of nitrogens with two attached hydrogens (primary N) is 1. The Bertz CT molecular complexity index is 384. The van der Waals surface area contributed by atoms with Crippen molar-refractivity contribution in [2.24, 2.45) is 5.73 Å². The first kappa shape index (κ1) is 13.1. The summed E-state index contributed by atoms with van der Waals surface area (Å²) in [6, 6.07) is 5.82. The zero-order valence-corrected chi connectivity index (χ0v) is 10.4. The molecule has 0 amide bonds. The molecule has 5 heteroatoms. The molecule has 4 N–H and O–H groups in total. The van der Waals surface area contributed by atoms with Crippen LogP contribution in [0.1, 0.15) is 5.56 Å². The van der Waals surface area contributed by atoms with Crippen LogP contribution in [0.2, 0.25) is 0 Å². The van der Waals surface area contributed by atoms with Gasteiger partial charge in [-0.25, -0.2) is 0 Å². The van der Waals surface area contributed by atoms with E-state index in [0.29, 0.717) is 19.8 Å². The monoisotopic (exact) mass is 252 g/mol. The maximum absolute atomic E-state index is 8.79. The van der Waals surface area contributed by atoms with Gasteiger partial charge in [0.05, 0.1) is 6.61 Å². The second kappa shape index (κ2) is 6.58. The highest BCUT2D eigenvalue weighted by Gasteiger charge is 2.11. The minimum atomic E-state index is -0.190. The second-order valence-corrected chi connectivity index (χ2v) is 4.37. The van der Waals surface area contributed by atoms with E-state index in [-0.39, 0.29) is 12.6 Å². The Morgan fingerprint density at radius 2 is 2.06 bits per heavy atom. The van der Waals surface area contributed by atoms with Gasteiger partial charge in [0, 0.05) is 12.6 Å². The first-order valence-electron chi connectivity index (χ1n) is 6.25.